The smallest absolute Gasteiger partial charge is 0.338 e. The molecule has 35 heavy (non-hydrogen) atoms. The molecule has 0 aliphatic heterocycles. The van der Waals surface area contributed by atoms with Crippen LogP contribution in [0.3, 0.4) is 0 Å². The topological polar surface area (TPSA) is 140 Å². The summed E-state index contributed by atoms with van der Waals surface area (Å²) in [6.45, 7) is 2.04. The van der Waals surface area contributed by atoms with E-state index in [2.05, 4.69) is 4.74 Å². The van der Waals surface area contributed by atoms with Crippen LogP contribution in [0.1, 0.15) is 37.4 Å². The number of Topliss-reactive ketones (excluding diaryl/α,β-unsaturated/α-hetero) is 1. The van der Waals surface area contributed by atoms with Crippen molar-refractivity contribution in [1.29, 1.82) is 0 Å². The van der Waals surface area contributed by atoms with Crippen molar-refractivity contribution in [3.8, 4) is 0 Å². The maximum atomic E-state index is 13.0. The Balaban J connectivity index is 1.99. The number of methoxy groups -OCH3 is 1. The fraction of sp³-hybridized carbons (Fsp3) is 0.240. The highest BCUT2D eigenvalue weighted by atomic mass is 16.5. The van der Waals surface area contributed by atoms with Gasteiger partial charge in [0.1, 0.15) is 17.9 Å². The number of hydrogen-bond donors (Lipinski definition) is 1. The molecule has 10 heteroatoms. The van der Waals surface area contributed by atoms with E-state index in [0.29, 0.717) is 15.7 Å². The van der Waals surface area contributed by atoms with Crippen LogP contribution in [-0.2, 0) is 27.4 Å². The second kappa shape index (κ2) is 10.6. The van der Waals surface area contributed by atoms with Crippen LogP contribution in [0.2, 0.25) is 0 Å². The first-order chi connectivity index (χ1) is 16.6. The third kappa shape index (κ3) is 5.55. The molecule has 0 bridgehead atoms. The first kappa shape index (κ1) is 25.2. The number of ether oxygens (including phenoxy) is 2. The molecule has 182 valence electrons. The minimum Gasteiger partial charge on any atom is -0.468 e. The summed E-state index contributed by atoms with van der Waals surface area (Å²) in [6, 6.07) is 13.8. The zero-order valence-corrected chi connectivity index (χ0v) is 19.6. The van der Waals surface area contributed by atoms with Crippen LogP contribution < -0.4 is 17.0 Å². The average Bonchev–Trinajstić information content (AvgIpc) is 2.83. The van der Waals surface area contributed by atoms with Gasteiger partial charge in [-0.3, -0.25) is 19.0 Å². The van der Waals surface area contributed by atoms with Crippen LogP contribution in [-0.4, -0.2) is 40.6 Å². The first-order valence-corrected chi connectivity index (χ1v) is 10.7. The lowest BCUT2D eigenvalue weighted by atomic mass is 10.1. The Labute approximate surface area is 200 Å². The molecule has 0 saturated carbocycles. The second-order valence-corrected chi connectivity index (χ2v) is 7.90. The van der Waals surface area contributed by atoms with E-state index in [1.165, 1.54) is 0 Å². The maximum Gasteiger partial charge on any atom is 0.338 e. The van der Waals surface area contributed by atoms with Crippen molar-refractivity contribution >= 4 is 23.5 Å². The molecule has 3 rings (SSSR count). The molecule has 10 nitrogen and oxygen atoms in total. The quantitative estimate of drug-likeness (QED) is 0.378. The normalized spacial score (nSPS) is 10.6. The molecule has 3 aromatic rings. The molecule has 2 aromatic carbocycles. The van der Waals surface area contributed by atoms with Crippen molar-refractivity contribution in [2.75, 3.05) is 19.5 Å². The Hall–Kier alpha value is -4.47. The average molecular weight is 479 g/mol. The van der Waals surface area contributed by atoms with Crippen LogP contribution in [0.15, 0.2) is 58.1 Å². The third-order valence-electron chi connectivity index (χ3n) is 5.38. The number of benzene rings is 2. The van der Waals surface area contributed by atoms with Gasteiger partial charge >= 0.3 is 17.6 Å². The van der Waals surface area contributed by atoms with Crippen molar-refractivity contribution < 1.29 is 23.9 Å². The molecule has 1 aromatic heterocycles. The SMILES string of the molecule is COC(=O)Cn1c(=O)c(C(=O)COC(=O)c2ccc(C)cc2C)c(N)n(Cc2ccccc2)c1=O. The predicted molar refractivity (Wildman–Crippen MR) is 127 cm³/mol. The number of hydrogen-bond acceptors (Lipinski definition) is 8. The lowest BCUT2D eigenvalue weighted by Gasteiger charge is -2.16. The van der Waals surface area contributed by atoms with Gasteiger partial charge in [0.05, 0.1) is 19.2 Å². The van der Waals surface area contributed by atoms with Gasteiger partial charge in [0, 0.05) is 0 Å². The van der Waals surface area contributed by atoms with Gasteiger partial charge in [0.2, 0.25) is 5.78 Å². The van der Waals surface area contributed by atoms with Crippen molar-refractivity contribution in [3.05, 3.63) is 97.2 Å². The summed E-state index contributed by atoms with van der Waals surface area (Å²) in [5, 5.41) is 0. The van der Waals surface area contributed by atoms with E-state index >= 15 is 0 Å². The van der Waals surface area contributed by atoms with Crippen molar-refractivity contribution in [2.24, 2.45) is 0 Å². The monoisotopic (exact) mass is 479 g/mol. The highest BCUT2D eigenvalue weighted by Gasteiger charge is 2.25. The minimum atomic E-state index is -1.07. The zero-order chi connectivity index (χ0) is 25.7. The lowest BCUT2D eigenvalue weighted by molar-refractivity contribution is -0.141. The van der Waals surface area contributed by atoms with Gasteiger partial charge in [-0.2, -0.15) is 0 Å². The zero-order valence-electron chi connectivity index (χ0n) is 19.6. The number of nitrogens with two attached hydrogens (primary N) is 1. The lowest BCUT2D eigenvalue weighted by Crippen LogP contribution is -2.46. The Morgan fingerprint density at radius 3 is 2.29 bits per heavy atom. The summed E-state index contributed by atoms with van der Waals surface area (Å²) in [4.78, 5) is 63.3. The summed E-state index contributed by atoms with van der Waals surface area (Å²) in [5.41, 5.74) is 6.14. The summed E-state index contributed by atoms with van der Waals surface area (Å²) in [5.74, 6) is -2.91. The van der Waals surface area contributed by atoms with Crippen molar-refractivity contribution in [2.45, 2.75) is 26.9 Å². The van der Waals surface area contributed by atoms with Crippen molar-refractivity contribution in [1.82, 2.24) is 9.13 Å². The number of carbonyl (C=O) groups excluding carboxylic acids is 3. The number of rotatable bonds is 8. The summed E-state index contributed by atoms with van der Waals surface area (Å²) >= 11 is 0. The predicted octanol–water partition coefficient (Wildman–Crippen LogP) is 1.47. The Kier molecular flexibility index (Phi) is 7.65. The number of aryl methyl sites for hydroxylation is 2. The molecule has 0 fully saturated rings. The minimum absolute atomic E-state index is 0.0599. The molecule has 2 N–H and O–H groups in total. The number of anilines is 1. The van der Waals surface area contributed by atoms with Crippen LogP contribution >= 0.6 is 0 Å². The summed E-state index contributed by atoms with van der Waals surface area (Å²) in [7, 11) is 1.10. The molecule has 0 aliphatic carbocycles. The van der Waals surface area contributed by atoms with E-state index in [4.69, 9.17) is 10.5 Å². The van der Waals surface area contributed by atoms with Gasteiger partial charge in [-0.1, -0.05) is 48.0 Å². The molecule has 0 aliphatic rings. The van der Waals surface area contributed by atoms with Crippen molar-refractivity contribution in [3.63, 3.8) is 0 Å². The Morgan fingerprint density at radius 1 is 0.971 bits per heavy atom. The number of nitrogen functional groups attached to an aromatic ring is 1. The summed E-state index contributed by atoms with van der Waals surface area (Å²) in [6.07, 6.45) is 0. The van der Waals surface area contributed by atoms with E-state index in [0.717, 1.165) is 17.2 Å². The molecule has 0 radical (unpaired) electrons. The van der Waals surface area contributed by atoms with Crippen LogP contribution in [0, 0.1) is 13.8 Å². The molecular formula is C25H25N3O7. The van der Waals surface area contributed by atoms with Gasteiger partial charge in [0.25, 0.3) is 5.56 Å². The number of ketones is 1. The number of aromatic nitrogens is 2. The van der Waals surface area contributed by atoms with Gasteiger partial charge in [-0.05, 0) is 31.0 Å². The number of carbonyl (C=O) groups is 3. The summed E-state index contributed by atoms with van der Waals surface area (Å²) < 4.78 is 11.3. The van der Waals surface area contributed by atoms with Crippen LogP contribution in [0.4, 0.5) is 5.82 Å². The van der Waals surface area contributed by atoms with Crippen LogP contribution in [0.5, 0.6) is 0 Å². The Bertz CT molecular complexity index is 1410. The van der Waals surface area contributed by atoms with Gasteiger partial charge in [0.15, 0.2) is 6.61 Å². The van der Waals surface area contributed by atoms with Gasteiger partial charge in [-0.15, -0.1) is 0 Å². The fourth-order valence-electron chi connectivity index (χ4n) is 3.55. The molecule has 0 amide bonds. The first-order valence-electron chi connectivity index (χ1n) is 10.7. The fourth-order valence-corrected chi connectivity index (χ4v) is 3.55. The van der Waals surface area contributed by atoms with E-state index in [-0.39, 0.29) is 12.1 Å². The third-order valence-corrected chi connectivity index (χ3v) is 5.38. The molecule has 1 heterocycles. The molecule has 0 saturated heterocycles. The number of nitrogens with zero attached hydrogens (tertiary/aromatic N) is 2. The van der Waals surface area contributed by atoms with Crippen LogP contribution in [0.25, 0.3) is 0 Å². The molecule has 0 atom stereocenters. The van der Waals surface area contributed by atoms with E-state index in [1.54, 1.807) is 55.5 Å². The highest BCUT2D eigenvalue weighted by molar-refractivity contribution is 6.02. The highest BCUT2D eigenvalue weighted by Crippen LogP contribution is 2.13. The van der Waals surface area contributed by atoms with E-state index in [1.807, 2.05) is 6.92 Å². The van der Waals surface area contributed by atoms with E-state index < -0.39 is 53.5 Å². The number of esters is 2. The van der Waals surface area contributed by atoms with Gasteiger partial charge in [-0.25, -0.2) is 14.2 Å². The molecule has 0 spiro atoms. The van der Waals surface area contributed by atoms with Gasteiger partial charge < -0.3 is 15.2 Å². The molecular weight excluding hydrogens is 454 g/mol. The largest absolute Gasteiger partial charge is 0.468 e. The molecule has 0 unspecified atom stereocenters. The Morgan fingerprint density at radius 2 is 1.66 bits per heavy atom. The van der Waals surface area contributed by atoms with E-state index in [9.17, 15) is 24.0 Å². The second-order valence-electron chi connectivity index (χ2n) is 7.90. The standard InChI is InChI=1S/C25H25N3O7/c1-15-9-10-18(16(2)11-15)24(32)35-14-19(29)21-22(26)27(12-17-7-5-4-6-8-17)25(33)28(23(21)31)13-20(30)34-3/h4-11H,12-14,26H2,1-3H3. The maximum absolute atomic E-state index is 13.0.